The standard InChI is InChI=1S/C14H18FN3/c1-9-5-7-14(16,8-6-9)13-17-11-4-2-3-10(15)12(11)18-13/h2-4,9H,5-8,16H2,1H3,(H,17,18). The molecular weight excluding hydrogens is 229 g/mol. The largest absolute Gasteiger partial charge is 0.340 e. The monoisotopic (exact) mass is 247 g/mol. The number of nitrogens with one attached hydrogen (secondary N) is 1. The van der Waals surface area contributed by atoms with Gasteiger partial charge in [0.25, 0.3) is 0 Å². The molecule has 2 aromatic rings. The van der Waals surface area contributed by atoms with Crippen LogP contribution in [0.3, 0.4) is 0 Å². The van der Waals surface area contributed by atoms with Crippen LogP contribution in [0, 0.1) is 11.7 Å². The van der Waals surface area contributed by atoms with Crippen LogP contribution in [-0.4, -0.2) is 9.97 Å². The Morgan fingerprint density at radius 1 is 1.39 bits per heavy atom. The van der Waals surface area contributed by atoms with Crippen molar-refractivity contribution in [2.75, 3.05) is 0 Å². The number of nitrogens with two attached hydrogens (primary N) is 1. The van der Waals surface area contributed by atoms with E-state index in [1.165, 1.54) is 6.07 Å². The van der Waals surface area contributed by atoms with Gasteiger partial charge >= 0.3 is 0 Å². The van der Waals surface area contributed by atoms with Crippen LogP contribution >= 0.6 is 0 Å². The number of fused-ring (bicyclic) bond motifs is 1. The Labute approximate surface area is 106 Å². The Hall–Kier alpha value is -1.42. The van der Waals surface area contributed by atoms with Gasteiger partial charge in [0.15, 0.2) is 5.82 Å². The molecule has 0 aliphatic heterocycles. The molecule has 3 rings (SSSR count). The van der Waals surface area contributed by atoms with Crippen LogP contribution in [0.5, 0.6) is 0 Å². The Bertz CT molecular complexity index is 567. The van der Waals surface area contributed by atoms with Gasteiger partial charge in [-0.2, -0.15) is 0 Å². The fourth-order valence-corrected chi connectivity index (χ4v) is 2.75. The molecular formula is C14H18FN3. The Morgan fingerprint density at radius 2 is 2.11 bits per heavy atom. The maximum atomic E-state index is 13.6. The topological polar surface area (TPSA) is 54.7 Å². The van der Waals surface area contributed by atoms with E-state index < -0.39 is 5.54 Å². The van der Waals surface area contributed by atoms with Gasteiger partial charge in [-0.25, -0.2) is 9.37 Å². The quantitative estimate of drug-likeness (QED) is 0.813. The molecule has 96 valence electrons. The first-order valence-corrected chi connectivity index (χ1v) is 6.52. The maximum absolute atomic E-state index is 13.6. The average molecular weight is 247 g/mol. The number of rotatable bonds is 1. The average Bonchev–Trinajstić information content (AvgIpc) is 2.79. The molecule has 3 nitrogen and oxygen atoms in total. The summed E-state index contributed by atoms with van der Waals surface area (Å²) in [4.78, 5) is 7.56. The first-order valence-electron chi connectivity index (χ1n) is 6.52. The van der Waals surface area contributed by atoms with E-state index in [9.17, 15) is 4.39 Å². The van der Waals surface area contributed by atoms with Crippen LogP contribution in [0.1, 0.15) is 38.4 Å². The third-order valence-electron chi connectivity index (χ3n) is 4.10. The Balaban J connectivity index is 2.01. The van der Waals surface area contributed by atoms with Crippen molar-refractivity contribution in [3.8, 4) is 0 Å². The maximum Gasteiger partial charge on any atom is 0.151 e. The molecule has 1 fully saturated rings. The van der Waals surface area contributed by atoms with Crippen LogP contribution in [0.25, 0.3) is 11.0 Å². The summed E-state index contributed by atoms with van der Waals surface area (Å²) in [5.74, 6) is 1.17. The van der Waals surface area contributed by atoms with E-state index in [2.05, 4.69) is 16.9 Å². The fraction of sp³-hybridized carbons (Fsp3) is 0.500. The van der Waals surface area contributed by atoms with Crippen LogP contribution in [0.4, 0.5) is 4.39 Å². The summed E-state index contributed by atoms with van der Waals surface area (Å²) in [6.07, 6.45) is 4.04. The minimum absolute atomic E-state index is 0.289. The Kier molecular flexibility index (Phi) is 2.63. The number of aromatic nitrogens is 2. The van der Waals surface area contributed by atoms with Crippen molar-refractivity contribution in [2.45, 2.75) is 38.1 Å². The second kappa shape index (κ2) is 4.05. The summed E-state index contributed by atoms with van der Waals surface area (Å²) in [6.45, 7) is 2.25. The molecule has 0 amide bonds. The van der Waals surface area contributed by atoms with E-state index in [-0.39, 0.29) is 5.82 Å². The lowest BCUT2D eigenvalue weighted by Gasteiger charge is -2.34. The van der Waals surface area contributed by atoms with Crippen LogP contribution in [0.15, 0.2) is 18.2 Å². The lowest BCUT2D eigenvalue weighted by molar-refractivity contribution is 0.238. The molecule has 18 heavy (non-hydrogen) atoms. The third kappa shape index (κ3) is 1.81. The van der Waals surface area contributed by atoms with E-state index in [0.29, 0.717) is 5.52 Å². The number of H-pyrrole nitrogens is 1. The lowest BCUT2D eigenvalue weighted by atomic mass is 9.77. The normalized spacial score (nSPS) is 28.7. The Morgan fingerprint density at radius 3 is 2.78 bits per heavy atom. The number of halogens is 1. The lowest BCUT2D eigenvalue weighted by Crippen LogP contribution is -2.41. The van der Waals surface area contributed by atoms with Gasteiger partial charge in [-0.15, -0.1) is 0 Å². The van der Waals surface area contributed by atoms with E-state index >= 15 is 0 Å². The van der Waals surface area contributed by atoms with Crippen molar-refractivity contribution >= 4 is 11.0 Å². The molecule has 1 saturated carbocycles. The minimum Gasteiger partial charge on any atom is -0.340 e. The van der Waals surface area contributed by atoms with Crippen LogP contribution in [0.2, 0.25) is 0 Å². The molecule has 1 heterocycles. The zero-order valence-electron chi connectivity index (χ0n) is 10.5. The summed E-state index contributed by atoms with van der Waals surface area (Å²) in [6, 6.07) is 4.95. The van der Waals surface area contributed by atoms with Gasteiger partial charge < -0.3 is 10.7 Å². The van der Waals surface area contributed by atoms with E-state index in [1.807, 2.05) is 6.07 Å². The molecule has 0 atom stereocenters. The van der Waals surface area contributed by atoms with E-state index in [1.54, 1.807) is 6.07 Å². The van der Waals surface area contributed by atoms with Crippen molar-refractivity contribution in [3.63, 3.8) is 0 Å². The highest BCUT2D eigenvalue weighted by atomic mass is 19.1. The number of nitrogens with zero attached hydrogens (tertiary/aromatic N) is 1. The first-order chi connectivity index (χ1) is 8.58. The van der Waals surface area contributed by atoms with Gasteiger partial charge in [0.2, 0.25) is 0 Å². The van der Waals surface area contributed by atoms with Crippen molar-refractivity contribution in [3.05, 3.63) is 29.8 Å². The highest BCUT2D eigenvalue weighted by Crippen LogP contribution is 2.36. The first kappa shape index (κ1) is 11.7. The second-order valence-electron chi connectivity index (χ2n) is 5.56. The summed E-state index contributed by atoms with van der Waals surface area (Å²) in [7, 11) is 0. The molecule has 0 spiro atoms. The van der Waals surface area contributed by atoms with Crippen LogP contribution in [-0.2, 0) is 5.54 Å². The molecule has 1 aliphatic carbocycles. The van der Waals surface area contributed by atoms with E-state index in [0.717, 1.165) is 42.9 Å². The summed E-state index contributed by atoms with van der Waals surface area (Å²) in [5.41, 5.74) is 7.15. The smallest absolute Gasteiger partial charge is 0.151 e. The third-order valence-corrected chi connectivity index (χ3v) is 4.10. The zero-order chi connectivity index (χ0) is 12.8. The molecule has 3 N–H and O–H groups in total. The number of benzene rings is 1. The summed E-state index contributed by atoms with van der Waals surface area (Å²) >= 11 is 0. The highest BCUT2D eigenvalue weighted by Gasteiger charge is 2.34. The molecule has 1 aromatic carbocycles. The predicted molar refractivity (Wildman–Crippen MR) is 69.5 cm³/mol. The second-order valence-corrected chi connectivity index (χ2v) is 5.56. The molecule has 1 aliphatic rings. The van der Waals surface area contributed by atoms with Gasteiger partial charge in [0, 0.05) is 0 Å². The number of aromatic amines is 1. The molecule has 1 aromatic heterocycles. The predicted octanol–water partition coefficient (Wildman–Crippen LogP) is 3.07. The van der Waals surface area contributed by atoms with Crippen molar-refractivity contribution < 1.29 is 4.39 Å². The summed E-state index contributed by atoms with van der Waals surface area (Å²) in [5, 5.41) is 0. The zero-order valence-corrected chi connectivity index (χ0v) is 10.5. The number of para-hydroxylation sites is 1. The van der Waals surface area contributed by atoms with Gasteiger partial charge in [0.05, 0.1) is 11.1 Å². The molecule has 0 bridgehead atoms. The number of imidazole rings is 1. The molecule has 0 unspecified atom stereocenters. The molecule has 0 radical (unpaired) electrons. The van der Waals surface area contributed by atoms with Gasteiger partial charge in [-0.05, 0) is 43.7 Å². The van der Waals surface area contributed by atoms with Crippen molar-refractivity contribution in [1.82, 2.24) is 9.97 Å². The van der Waals surface area contributed by atoms with Crippen molar-refractivity contribution in [1.29, 1.82) is 0 Å². The molecule has 0 saturated heterocycles. The SMILES string of the molecule is CC1CCC(N)(c2nc3c(F)cccc3[nH]2)CC1. The number of hydrogen-bond donors (Lipinski definition) is 2. The highest BCUT2D eigenvalue weighted by molar-refractivity contribution is 5.75. The van der Waals surface area contributed by atoms with Crippen LogP contribution < -0.4 is 5.73 Å². The van der Waals surface area contributed by atoms with Gasteiger partial charge in [0.1, 0.15) is 11.3 Å². The van der Waals surface area contributed by atoms with Crippen molar-refractivity contribution in [2.24, 2.45) is 11.7 Å². The van der Waals surface area contributed by atoms with Gasteiger partial charge in [-0.3, -0.25) is 0 Å². The summed E-state index contributed by atoms with van der Waals surface area (Å²) < 4.78 is 13.6. The minimum atomic E-state index is -0.419. The number of hydrogen-bond acceptors (Lipinski definition) is 2. The van der Waals surface area contributed by atoms with Gasteiger partial charge in [-0.1, -0.05) is 13.0 Å². The fourth-order valence-electron chi connectivity index (χ4n) is 2.75. The molecule has 4 heteroatoms. The van der Waals surface area contributed by atoms with E-state index in [4.69, 9.17) is 5.73 Å².